The quantitative estimate of drug-likeness (QED) is 0.647. The van der Waals surface area contributed by atoms with Crippen molar-refractivity contribution in [1.29, 1.82) is 0 Å². The monoisotopic (exact) mass is 227 g/mol. The first kappa shape index (κ1) is 12.3. The molecule has 88 valence electrons. The highest BCUT2D eigenvalue weighted by Crippen LogP contribution is 2.30. The molecule has 1 aliphatic heterocycles. The van der Waals surface area contributed by atoms with Gasteiger partial charge >= 0.3 is 6.43 Å². The van der Waals surface area contributed by atoms with Crippen molar-refractivity contribution in [2.24, 2.45) is 0 Å². The van der Waals surface area contributed by atoms with Crippen molar-refractivity contribution < 1.29 is 28.2 Å². The number of β-amino-alcohol motifs (C(OH)–C–C–N with tert-alkyl or cyclic N) is 1. The van der Waals surface area contributed by atoms with E-state index in [1.807, 2.05) is 0 Å². The van der Waals surface area contributed by atoms with Gasteiger partial charge in [0.05, 0.1) is 12.7 Å². The summed E-state index contributed by atoms with van der Waals surface area (Å²) in [5, 5.41) is 17.9. The molecule has 0 radical (unpaired) electrons. The molecule has 0 aromatic carbocycles. The van der Waals surface area contributed by atoms with E-state index in [4.69, 9.17) is 10.2 Å². The van der Waals surface area contributed by atoms with Crippen LogP contribution >= 0.6 is 0 Å². The Kier molecular flexibility index (Phi) is 3.56. The van der Waals surface area contributed by atoms with Crippen molar-refractivity contribution in [3.05, 3.63) is 0 Å². The van der Waals surface area contributed by atoms with Crippen LogP contribution in [-0.4, -0.2) is 52.5 Å². The van der Waals surface area contributed by atoms with Gasteiger partial charge in [-0.2, -0.15) is 8.78 Å². The fourth-order valence-corrected chi connectivity index (χ4v) is 1.56. The number of aliphatic hydroxyl groups is 2. The molecule has 4 nitrogen and oxygen atoms in total. The van der Waals surface area contributed by atoms with Crippen LogP contribution in [0.1, 0.15) is 12.8 Å². The highest BCUT2D eigenvalue weighted by atomic mass is 19.3. The van der Waals surface area contributed by atoms with Crippen LogP contribution in [0.15, 0.2) is 0 Å². The number of halogens is 3. The number of alkyl halides is 3. The lowest BCUT2D eigenvalue weighted by Crippen LogP contribution is -2.58. The molecular formula is C8H12F3NO3. The first-order valence-corrected chi connectivity index (χ1v) is 4.48. The second kappa shape index (κ2) is 4.36. The summed E-state index contributed by atoms with van der Waals surface area (Å²) in [5.41, 5.74) is 0. The largest absolute Gasteiger partial charge is 0.391 e. The van der Waals surface area contributed by atoms with Crippen LogP contribution in [0.25, 0.3) is 0 Å². The molecule has 15 heavy (non-hydrogen) atoms. The molecule has 7 heteroatoms. The van der Waals surface area contributed by atoms with Crippen LogP contribution in [-0.2, 0) is 4.79 Å². The molecule has 1 aliphatic rings. The lowest BCUT2D eigenvalue weighted by molar-refractivity contribution is -0.176. The molecule has 1 rings (SSSR count). The van der Waals surface area contributed by atoms with E-state index in [0.717, 1.165) is 0 Å². The predicted octanol–water partition coefficient (Wildman–Crippen LogP) is -0.107. The minimum Gasteiger partial charge on any atom is -0.391 e. The van der Waals surface area contributed by atoms with Crippen LogP contribution in [0.4, 0.5) is 13.2 Å². The summed E-state index contributed by atoms with van der Waals surface area (Å²) >= 11 is 0. The molecule has 0 aromatic rings. The van der Waals surface area contributed by atoms with Gasteiger partial charge < -0.3 is 15.1 Å². The van der Waals surface area contributed by atoms with Crippen molar-refractivity contribution in [3.8, 4) is 0 Å². The molecule has 0 saturated carbocycles. The Balaban J connectivity index is 2.84. The third-order valence-corrected chi connectivity index (χ3v) is 2.43. The summed E-state index contributed by atoms with van der Waals surface area (Å²) in [6.45, 7) is -1.56. The number of aliphatic hydroxyl groups excluding tert-OH is 2. The third-order valence-electron chi connectivity index (χ3n) is 2.43. The molecule has 0 bridgehead atoms. The smallest absolute Gasteiger partial charge is 0.315 e. The van der Waals surface area contributed by atoms with Crippen LogP contribution < -0.4 is 0 Å². The summed E-state index contributed by atoms with van der Waals surface area (Å²) in [7, 11) is 0. The molecule has 2 N–H and O–H groups in total. The molecule has 0 aromatic heterocycles. The molecule has 0 unspecified atom stereocenters. The van der Waals surface area contributed by atoms with E-state index in [0.29, 0.717) is 0 Å². The number of nitrogens with zero attached hydrogens (tertiary/aromatic N) is 1. The van der Waals surface area contributed by atoms with Crippen molar-refractivity contribution in [3.63, 3.8) is 0 Å². The first-order chi connectivity index (χ1) is 6.90. The molecule has 2 atom stereocenters. The Bertz CT molecular complexity index is 251. The van der Waals surface area contributed by atoms with Crippen molar-refractivity contribution in [1.82, 2.24) is 4.90 Å². The van der Waals surface area contributed by atoms with Gasteiger partial charge in [0, 0.05) is 13.0 Å². The Labute approximate surface area is 84.3 Å². The van der Waals surface area contributed by atoms with Crippen LogP contribution in [0.3, 0.4) is 0 Å². The second-order valence-corrected chi connectivity index (χ2v) is 3.52. The van der Waals surface area contributed by atoms with Gasteiger partial charge in [-0.1, -0.05) is 0 Å². The maximum Gasteiger partial charge on any atom is 0.315 e. The fourth-order valence-electron chi connectivity index (χ4n) is 1.56. The van der Waals surface area contributed by atoms with Crippen LogP contribution in [0.2, 0.25) is 0 Å². The Hall–Kier alpha value is -0.820. The number of carbonyl (C=O) groups excluding carboxylic acids is 1. The molecule has 0 spiro atoms. The number of likely N-dealkylation sites (tertiary alicyclic amines) is 1. The summed E-state index contributed by atoms with van der Waals surface area (Å²) in [5.74, 6) is -4.18. The zero-order valence-electron chi connectivity index (χ0n) is 7.87. The average Bonchev–Trinajstić information content (AvgIpc) is 2.20. The van der Waals surface area contributed by atoms with Gasteiger partial charge in [0.2, 0.25) is 5.79 Å². The fraction of sp³-hybridized carbons (Fsp3) is 0.875. The normalized spacial score (nSPS) is 32.1. The molecule has 1 amide bonds. The molecule has 0 aliphatic carbocycles. The Morgan fingerprint density at radius 3 is 2.67 bits per heavy atom. The lowest BCUT2D eigenvalue weighted by Gasteiger charge is -2.41. The van der Waals surface area contributed by atoms with E-state index < -0.39 is 37.4 Å². The maximum absolute atomic E-state index is 13.8. The van der Waals surface area contributed by atoms with Crippen LogP contribution in [0.5, 0.6) is 0 Å². The molecular weight excluding hydrogens is 215 g/mol. The maximum atomic E-state index is 13.8. The topological polar surface area (TPSA) is 60.8 Å². The standard InChI is InChI=1S/C8H12F3NO3/c9-6(10)7(15)12-3-5(14)1-2-8(12,11)4-13/h5-6,13-14H,1-4H2/t5-,8+/m1/s1. The van der Waals surface area contributed by atoms with Gasteiger partial charge in [0.15, 0.2) is 0 Å². The van der Waals surface area contributed by atoms with E-state index in [-0.39, 0.29) is 17.7 Å². The highest BCUT2D eigenvalue weighted by molar-refractivity contribution is 5.80. The minimum absolute atomic E-state index is 0.0318. The SMILES string of the molecule is O=C(C(F)F)N1C[C@H](O)CC[C@@]1(F)CO. The van der Waals surface area contributed by atoms with Gasteiger partial charge in [-0.15, -0.1) is 0 Å². The zero-order chi connectivity index (χ0) is 11.6. The van der Waals surface area contributed by atoms with Crippen molar-refractivity contribution >= 4 is 5.91 Å². The van der Waals surface area contributed by atoms with Crippen LogP contribution in [0, 0.1) is 0 Å². The number of carbonyl (C=O) groups is 1. The number of hydrogen-bond acceptors (Lipinski definition) is 3. The van der Waals surface area contributed by atoms with E-state index in [2.05, 4.69) is 0 Å². The number of piperidine rings is 1. The van der Waals surface area contributed by atoms with Gasteiger partial charge in [0.25, 0.3) is 5.91 Å². The summed E-state index contributed by atoms with van der Waals surface area (Å²) in [4.78, 5) is 11.1. The van der Waals surface area contributed by atoms with Gasteiger partial charge in [-0.25, -0.2) is 4.39 Å². The second-order valence-electron chi connectivity index (χ2n) is 3.52. The van der Waals surface area contributed by atoms with E-state index in [1.54, 1.807) is 0 Å². The van der Waals surface area contributed by atoms with E-state index in [9.17, 15) is 18.0 Å². The Morgan fingerprint density at radius 2 is 2.20 bits per heavy atom. The molecule has 1 saturated heterocycles. The summed E-state index contributed by atoms with van der Waals surface area (Å²) in [6.07, 6.45) is -4.67. The summed E-state index contributed by atoms with van der Waals surface area (Å²) < 4.78 is 38.0. The first-order valence-electron chi connectivity index (χ1n) is 4.48. The minimum atomic E-state index is -3.34. The summed E-state index contributed by atoms with van der Waals surface area (Å²) in [6, 6.07) is 0. The lowest BCUT2D eigenvalue weighted by atomic mass is 9.98. The molecule has 1 heterocycles. The predicted molar refractivity (Wildman–Crippen MR) is 43.9 cm³/mol. The zero-order valence-corrected chi connectivity index (χ0v) is 7.87. The number of hydrogen-bond donors (Lipinski definition) is 2. The van der Waals surface area contributed by atoms with E-state index >= 15 is 0 Å². The van der Waals surface area contributed by atoms with Crippen molar-refractivity contribution in [2.45, 2.75) is 31.2 Å². The highest BCUT2D eigenvalue weighted by Gasteiger charge is 2.46. The molecule has 1 fully saturated rings. The number of amides is 1. The van der Waals surface area contributed by atoms with Gasteiger partial charge in [-0.3, -0.25) is 4.79 Å². The average molecular weight is 227 g/mol. The number of rotatable bonds is 2. The third kappa shape index (κ3) is 2.40. The van der Waals surface area contributed by atoms with Gasteiger partial charge in [-0.05, 0) is 6.42 Å². The van der Waals surface area contributed by atoms with E-state index in [1.165, 1.54) is 0 Å². The van der Waals surface area contributed by atoms with Gasteiger partial charge in [0.1, 0.15) is 0 Å². The Morgan fingerprint density at radius 1 is 1.60 bits per heavy atom. The van der Waals surface area contributed by atoms with Crippen molar-refractivity contribution in [2.75, 3.05) is 13.2 Å².